The van der Waals surface area contributed by atoms with Crippen LogP contribution >= 0.6 is 11.3 Å². The van der Waals surface area contributed by atoms with E-state index in [1.807, 2.05) is 54.7 Å². The third-order valence-electron chi connectivity index (χ3n) is 7.66. The molecule has 0 saturated carbocycles. The van der Waals surface area contributed by atoms with Gasteiger partial charge in [0.2, 0.25) is 0 Å². The van der Waals surface area contributed by atoms with Gasteiger partial charge in [0, 0.05) is 53.7 Å². The van der Waals surface area contributed by atoms with E-state index in [9.17, 15) is 4.79 Å². The summed E-state index contributed by atoms with van der Waals surface area (Å²) in [4.78, 5) is 14.8. The molecule has 0 saturated heterocycles. The minimum Gasteiger partial charge on any atom is -0.512 e. The van der Waals surface area contributed by atoms with Crippen molar-refractivity contribution >= 4 is 58.8 Å². The Morgan fingerprint density at radius 3 is 2.29 bits per heavy atom. The van der Waals surface area contributed by atoms with Gasteiger partial charge in [0.05, 0.1) is 10.5 Å². The summed E-state index contributed by atoms with van der Waals surface area (Å²) in [5.41, 5.74) is 4.59. The third kappa shape index (κ3) is 6.32. The Morgan fingerprint density at radius 2 is 1.60 bits per heavy atom. The number of nitrogens with zero attached hydrogens (tertiary/aromatic N) is 1. The normalized spacial score (nSPS) is 11.6. The quantitative estimate of drug-likeness (QED) is 0.0836. The summed E-state index contributed by atoms with van der Waals surface area (Å²) >= 11 is 1.48. The number of carbonyl (C=O) groups is 1. The molecule has 0 bridgehead atoms. The Balaban J connectivity index is 0.000000452. The third-order valence-corrected chi connectivity index (χ3v) is 8.88. The van der Waals surface area contributed by atoms with E-state index in [-0.39, 0.29) is 37.5 Å². The van der Waals surface area contributed by atoms with E-state index >= 15 is 4.39 Å². The van der Waals surface area contributed by atoms with E-state index in [4.69, 9.17) is 10.1 Å². The first-order valence-corrected chi connectivity index (χ1v) is 15.4. The van der Waals surface area contributed by atoms with Gasteiger partial charge in [0.25, 0.3) is 0 Å². The van der Waals surface area contributed by atoms with Crippen LogP contribution in [0.3, 0.4) is 0 Å². The molecule has 2 aromatic heterocycles. The van der Waals surface area contributed by atoms with Gasteiger partial charge in [-0.1, -0.05) is 97.6 Å². The molecule has 0 spiro atoms. The molecule has 0 amide bonds. The summed E-state index contributed by atoms with van der Waals surface area (Å²) in [5.74, 6) is 0.0920. The molecule has 0 unspecified atom stereocenters. The molecule has 0 aliphatic rings. The molecule has 1 N–H and O–H groups in total. The molecular weight excluding hydrogens is 758 g/mol. The second-order valence-corrected chi connectivity index (χ2v) is 12.2. The van der Waals surface area contributed by atoms with Gasteiger partial charge in [-0.2, -0.15) is 0 Å². The summed E-state index contributed by atoms with van der Waals surface area (Å²) in [6.45, 7) is 7.31. The van der Waals surface area contributed by atoms with Crippen molar-refractivity contribution in [3.8, 4) is 22.4 Å². The number of aromatic nitrogens is 1. The van der Waals surface area contributed by atoms with E-state index in [1.54, 1.807) is 0 Å². The van der Waals surface area contributed by atoms with Crippen LogP contribution in [0.25, 0.3) is 64.1 Å². The summed E-state index contributed by atoms with van der Waals surface area (Å²) in [6.07, 6.45) is 3.00. The first kappa shape index (κ1) is 32.2. The number of carbonyl (C=O) groups excluding carboxylic acids is 1. The molecule has 45 heavy (non-hydrogen) atoms. The van der Waals surface area contributed by atoms with Crippen molar-refractivity contribution in [2.45, 2.75) is 33.6 Å². The van der Waals surface area contributed by atoms with Crippen LogP contribution in [0.4, 0.5) is 4.39 Å². The number of rotatable bonds is 4. The van der Waals surface area contributed by atoms with E-state index in [0.717, 1.165) is 37.7 Å². The van der Waals surface area contributed by atoms with Crippen LogP contribution in [-0.2, 0) is 24.9 Å². The molecule has 0 atom stereocenters. The number of ketones is 1. The maximum Gasteiger partial charge on any atom is 0.155 e. The van der Waals surface area contributed by atoms with Gasteiger partial charge in [-0.05, 0) is 47.6 Å². The van der Waals surface area contributed by atoms with Crippen LogP contribution in [0.2, 0.25) is 0 Å². The smallest absolute Gasteiger partial charge is 0.155 e. The van der Waals surface area contributed by atoms with Crippen molar-refractivity contribution in [3.05, 3.63) is 126 Å². The zero-order valence-electron chi connectivity index (χ0n) is 25.3. The molecule has 2 heterocycles. The summed E-state index contributed by atoms with van der Waals surface area (Å²) in [7, 11) is 0. The maximum atomic E-state index is 15.8. The molecule has 5 aromatic carbocycles. The number of hydrogen-bond acceptors (Lipinski definition) is 4. The fourth-order valence-electron chi connectivity index (χ4n) is 5.74. The number of aliphatic hydroxyl groups is 1. The zero-order valence-corrected chi connectivity index (χ0v) is 28.5. The standard InChI is InChI=1S/C34H23FNS.C5H8O2.Ir/c1-20(2)29-19-24(18-23-13-12-22-10-6-7-11-25(22)30(23)29)32-34-28(16-17-36-32)27-15-14-26(31(35)33(27)37-34)21-8-4-3-5-9-21;1-4(6)3-5(2)7;/h3-17,19-20H,1-2H3;3,6H,1-2H3;/q-1;;/b;4-3-;. The summed E-state index contributed by atoms with van der Waals surface area (Å²) in [6, 6.07) is 34.4. The van der Waals surface area contributed by atoms with Crippen LogP contribution in [0.15, 0.2) is 109 Å². The summed E-state index contributed by atoms with van der Waals surface area (Å²) in [5, 5.41) is 15.1. The number of fused-ring (bicyclic) bond motifs is 6. The number of thiophene rings is 1. The van der Waals surface area contributed by atoms with E-state index in [2.05, 4.69) is 62.4 Å². The number of hydrogen-bond donors (Lipinski definition) is 1. The molecule has 3 nitrogen and oxygen atoms in total. The van der Waals surface area contributed by atoms with Crippen molar-refractivity contribution in [3.63, 3.8) is 0 Å². The number of halogens is 1. The first-order valence-electron chi connectivity index (χ1n) is 14.5. The van der Waals surface area contributed by atoms with Gasteiger partial charge >= 0.3 is 0 Å². The average molecular weight is 789 g/mol. The van der Waals surface area contributed by atoms with Crippen LogP contribution in [-0.4, -0.2) is 15.9 Å². The Bertz CT molecular complexity index is 2220. The Morgan fingerprint density at radius 1 is 0.889 bits per heavy atom. The molecule has 0 fully saturated rings. The van der Waals surface area contributed by atoms with Crippen LogP contribution in [0.5, 0.6) is 0 Å². The molecule has 6 heteroatoms. The van der Waals surface area contributed by atoms with Crippen molar-refractivity contribution in [1.29, 1.82) is 0 Å². The van der Waals surface area contributed by atoms with Gasteiger partial charge in [0.1, 0.15) is 5.82 Å². The maximum absolute atomic E-state index is 15.8. The van der Waals surface area contributed by atoms with Crippen LogP contribution < -0.4 is 0 Å². The van der Waals surface area contributed by atoms with E-state index in [0.29, 0.717) is 16.2 Å². The largest absolute Gasteiger partial charge is 0.512 e. The fraction of sp³-hybridized carbons (Fsp3) is 0.128. The molecule has 1 radical (unpaired) electrons. The number of aliphatic hydroxyl groups excluding tert-OH is 1. The van der Waals surface area contributed by atoms with E-state index < -0.39 is 0 Å². The Kier molecular flexibility index (Phi) is 9.59. The predicted octanol–water partition coefficient (Wildman–Crippen LogP) is 11.2. The predicted molar refractivity (Wildman–Crippen MR) is 183 cm³/mol. The van der Waals surface area contributed by atoms with Crippen molar-refractivity contribution < 1.29 is 34.4 Å². The summed E-state index contributed by atoms with van der Waals surface area (Å²) < 4.78 is 17.5. The second-order valence-electron chi connectivity index (χ2n) is 11.2. The van der Waals surface area contributed by atoms with Crippen LogP contribution in [0.1, 0.15) is 39.2 Å². The Labute approximate surface area is 279 Å². The van der Waals surface area contributed by atoms with Crippen LogP contribution in [0, 0.1) is 11.9 Å². The van der Waals surface area contributed by atoms with Gasteiger partial charge in [-0.3, -0.25) is 9.78 Å². The van der Waals surface area contributed by atoms with Gasteiger partial charge in [-0.25, -0.2) is 4.39 Å². The molecule has 0 aliphatic heterocycles. The van der Waals surface area contributed by atoms with Gasteiger partial charge < -0.3 is 5.11 Å². The molecule has 0 aliphatic carbocycles. The van der Waals surface area contributed by atoms with E-state index in [1.165, 1.54) is 53.0 Å². The topological polar surface area (TPSA) is 50.2 Å². The minimum atomic E-state index is -0.173. The molecular formula is C39H31FIrNO2S-. The minimum absolute atomic E-state index is 0. The SMILES string of the molecule is CC(=O)/C=C(/C)O.CC(C)c1cc(-c2nccc3c2sc2c(F)c(-c4ccccc4)ccc23)[c-]c2ccc3ccccc3c12.[Ir]. The molecule has 7 rings (SSSR count). The van der Waals surface area contributed by atoms with Crippen molar-refractivity contribution in [2.24, 2.45) is 0 Å². The monoisotopic (exact) mass is 789 g/mol. The molecule has 227 valence electrons. The van der Waals surface area contributed by atoms with Crippen molar-refractivity contribution in [2.75, 3.05) is 0 Å². The number of pyridine rings is 1. The zero-order chi connectivity index (χ0) is 31.0. The first-order chi connectivity index (χ1) is 21.2. The number of benzene rings is 5. The van der Waals surface area contributed by atoms with Gasteiger partial charge in [0.15, 0.2) is 5.78 Å². The Hall–Kier alpha value is -4.22. The van der Waals surface area contributed by atoms with Crippen molar-refractivity contribution in [1.82, 2.24) is 4.98 Å². The second kappa shape index (κ2) is 13.4. The molecule has 7 aromatic rings. The van der Waals surface area contributed by atoms with Gasteiger partial charge in [-0.15, -0.1) is 40.5 Å². The average Bonchev–Trinajstić information content (AvgIpc) is 3.40. The number of allylic oxidation sites excluding steroid dienone is 2. The fourth-order valence-corrected chi connectivity index (χ4v) is 6.98.